The number of rotatable bonds is 4. The van der Waals surface area contributed by atoms with Gasteiger partial charge in [-0.15, -0.1) is 0 Å². The molecule has 6 nitrogen and oxygen atoms in total. The van der Waals surface area contributed by atoms with Crippen molar-refractivity contribution >= 4 is 28.8 Å². The van der Waals surface area contributed by atoms with Crippen LogP contribution in [0.5, 0.6) is 0 Å². The number of nitro benzene ring substituents is 1. The van der Waals surface area contributed by atoms with Crippen LogP contribution in [-0.2, 0) is 4.79 Å². The number of carbonyl (C=O) groups is 1. The highest BCUT2D eigenvalue weighted by atomic mass is 35.5. The van der Waals surface area contributed by atoms with Crippen LogP contribution in [0.1, 0.15) is 19.4 Å². The van der Waals surface area contributed by atoms with E-state index in [1.54, 1.807) is 0 Å². The number of halogens is 2. The van der Waals surface area contributed by atoms with Crippen LogP contribution in [0.3, 0.4) is 0 Å². The summed E-state index contributed by atoms with van der Waals surface area (Å²) in [4.78, 5) is 21.8. The highest BCUT2D eigenvalue weighted by molar-refractivity contribution is 6.30. The Morgan fingerprint density at radius 2 is 2.10 bits per heavy atom. The highest BCUT2D eigenvalue weighted by Gasteiger charge is 2.33. The number of nitrogens with zero attached hydrogens (tertiary/aromatic N) is 2. The van der Waals surface area contributed by atoms with Gasteiger partial charge in [-0.05, 0) is 26.0 Å². The summed E-state index contributed by atoms with van der Waals surface area (Å²) >= 11 is 5.62. The van der Waals surface area contributed by atoms with Gasteiger partial charge in [0.05, 0.1) is 10.5 Å². The molecule has 1 N–H and O–H groups in total. The Bertz CT molecular complexity index is 686. The number of ketones is 1. The monoisotopic (exact) mass is 312 g/mol. The number of aliphatic hydroxyl groups excluding tert-OH is 1. The number of allylic oxidation sites excluding steroid dienone is 1. The van der Waals surface area contributed by atoms with Crippen LogP contribution in [0.2, 0.25) is 5.02 Å². The molecule has 0 spiro atoms. The maximum absolute atomic E-state index is 13.6. The Kier molecular flexibility index (Phi) is 4.66. The van der Waals surface area contributed by atoms with Gasteiger partial charge in [0.15, 0.2) is 11.4 Å². The molecular formula is C13H10ClFN2O4. The molecule has 0 atom stereocenters. The highest BCUT2D eigenvalue weighted by Crippen LogP contribution is 2.31. The van der Waals surface area contributed by atoms with Gasteiger partial charge in [0.1, 0.15) is 11.6 Å². The number of aliphatic hydroxyl groups is 1. The van der Waals surface area contributed by atoms with Gasteiger partial charge >= 0.3 is 0 Å². The topological polar surface area (TPSA) is 104 Å². The Morgan fingerprint density at radius 1 is 1.52 bits per heavy atom. The maximum Gasteiger partial charge on any atom is 0.281 e. The van der Waals surface area contributed by atoms with E-state index in [2.05, 4.69) is 0 Å². The van der Waals surface area contributed by atoms with E-state index in [9.17, 15) is 24.4 Å². The van der Waals surface area contributed by atoms with Crippen molar-refractivity contribution in [3.05, 3.63) is 44.5 Å². The van der Waals surface area contributed by atoms with Gasteiger partial charge in [-0.1, -0.05) is 11.6 Å². The molecule has 110 valence electrons. The quantitative estimate of drug-likeness (QED) is 0.302. The van der Waals surface area contributed by atoms with E-state index >= 15 is 0 Å². The average molecular weight is 313 g/mol. The Hall–Kier alpha value is -2.46. The summed E-state index contributed by atoms with van der Waals surface area (Å²) in [6.45, 7) is 1.83. The third-order valence-electron chi connectivity index (χ3n) is 2.53. The second kappa shape index (κ2) is 5.89. The van der Waals surface area contributed by atoms with Crippen LogP contribution in [0, 0.1) is 21.4 Å². The van der Waals surface area contributed by atoms with Crippen LogP contribution in [-0.4, -0.2) is 21.5 Å². The standard InChI is InChI=1S/C13H10ClFN2O4/c1-13(2,15)12(19)9(6-16)11(18)8-4-3-7(14)5-10(8)17(20)21/h3-5,18H,1-2H3. The first-order valence-corrected chi connectivity index (χ1v) is 5.98. The van der Waals surface area contributed by atoms with Crippen LogP contribution in [0.15, 0.2) is 23.8 Å². The summed E-state index contributed by atoms with van der Waals surface area (Å²) < 4.78 is 13.6. The summed E-state index contributed by atoms with van der Waals surface area (Å²) in [5.74, 6) is -2.23. The molecule has 0 radical (unpaired) electrons. The number of hydrogen-bond acceptors (Lipinski definition) is 5. The van der Waals surface area contributed by atoms with Crippen LogP contribution < -0.4 is 0 Å². The zero-order valence-corrected chi connectivity index (χ0v) is 11.8. The second-order valence-corrected chi connectivity index (χ2v) is 4.99. The molecule has 0 saturated heterocycles. The SMILES string of the molecule is CC(C)(F)C(=O)C(C#N)=C(O)c1ccc(Cl)cc1[N+](=O)[O-]. The number of nitro groups is 1. The molecule has 0 aliphatic carbocycles. The first kappa shape index (κ1) is 16.6. The van der Waals surface area contributed by atoms with Crippen molar-refractivity contribution in [3.63, 3.8) is 0 Å². The zero-order chi connectivity index (χ0) is 16.4. The smallest absolute Gasteiger partial charge is 0.281 e. The first-order valence-electron chi connectivity index (χ1n) is 5.61. The number of Topliss-reactive ketones (excluding diaryl/α,β-unsaturated/α-hetero) is 1. The minimum Gasteiger partial charge on any atom is -0.506 e. The summed E-state index contributed by atoms with van der Waals surface area (Å²) in [5, 5.41) is 29.8. The average Bonchev–Trinajstić information content (AvgIpc) is 2.37. The molecule has 0 unspecified atom stereocenters. The fraction of sp³-hybridized carbons (Fsp3) is 0.231. The van der Waals surface area contributed by atoms with Crippen molar-refractivity contribution in [2.24, 2.45) is 0 Å². The lowest BCUT2D eigenvalue weighted by atomic mass is 9.96. The van der Waals surface area contributed by atoms with E-state index in [1.807, 2.05) is 0 Å². The zero-order valence-electron chi connectivity index (χ0n) is 11.1. The Labute approximate surface area is 124 Å². The lowest BCUT2D eigenvalue weighted by molar-refractivity contribution is -0.385. The largest absolute Gasteiger partial charge is 0.506 e. The van der Waals surface area contributed by atoms with E-state index in [4.69, 9.17) is 16.9 Å². The third kappa shape index (κ3) is 3.55. The molecule has 0 aliphatic rings. The lowest BCUT2D eigenvalue weighted by Gasteiger charge is -2.12. The molecule has 21 heavy (non-hydrogen) atoms. The number of hydrogen-bond donors (Lipinski definition) is 1. The predicted molar refractivity (Wildman–Crippen MR) is 73.5 cm³/mol. The maximum atomic E-state index is 13.6. The number of nitriles is 1. The number of benzene rings is 1. The molecule has 0 heterocycles. The normalized spacial score (nSPS) is 12.3. The van der Waals surface area contributed by atoms with Crippen LogP contribution in [0.4, 0.5) is 10.1 Å². The summed E-state index contributed by atoms with van der Waals surface area (Å²) in [5.41, 5.74) is -4.29. The number of carbonyl (C=O) groups excluding carboxylic acids is 1. The Balaban J connectivity index is 3.58. The van der Waals surface area contributed by atoms with E-state index in [0.717, 1.165) is 26.0 Å². The van der Waals surface area contributed by atoms with Gasteiger partial charge in [-0.3, -0.25) is 14.9 Å². The van der Waals surface area contributed by atoms with Crippen LogP contribution in [0.25, 0.3) is 5.76 Å². The van der Waals surface area contributed by atoms with E-state index in [1.165, 1.54) is 12.1 Å². The van der Waals surface area contributed by atoms with E-state index < -0.39 is 39.0 Å². The van der Waals surface area contributed by atoms with Crippen molar-refractivity contribution in [2.45, 2.75) is 19.5 Å². The summed E-state index contributed by atoms with van der Waals surface area (Å²) in [6, 6.07) is 4.63. The van der Waals surface area contributed by atoms with Gasteiger partial charge in [0, 0.05) is 11.1 Å². The Morgan fingerprint density at radius 3 is 2.52 bits per heavy atom. The molecule has 8 heteroatoms. The minimum atomic E-state index is -2.40. The molecule has 0 fully saturated rings. The predicted octanol–water partition coefficient (Wildman–Crippen LogP) is 3.36. The van der Waals surface area contributed by atoms with Crippen LogP contribution >= 0.6 is 11.6 Å². The van der Waals surface area contributed by atoms with Crippen molar-refractivity contribution in [3.8, 4) is 6.07 Å². The first-order chi connectivity index (χ1) is 9.59. The second-order valence-electron chi connectivity index (χ2n) is 4.56. The van der Waals surface area contributed by atoms with Crippen molar-refractivity contribution in [2.75, 3.05) is 0 Å². The fourth-order valence-electron chi connectivity index (χ4n) is 1.50. The van der Waals surface area contributed by atoms with Crippen molar-refractivity contribution < 1.29 is 19.2 Å². The number of alkyl halides is 1. The molecular weight excluding hydrogens is 303 g/mol. The van der Waals surface area contributed by atoms with Gasteiger partial charge < -0.3 is 5.11 Å². The molecule has 0 bridgehead atoms. The van der Waals surface area contributed by atoms with Gasteiger partial charge in [-0.25, -0.2) is 4.39 Å². The molecule has 1 rings (SSSR count). The van der Waals surface area contributed by atoms with E-state index in [0.29, 0.717) is 0 Å². The molecule has 0 saturated carbocycles. The minimum absolute atomic E-state index is 0.0360. The van der Waals surface area contributed by atoms with Gasteiger partial charge in [0.2, 0.25) is 5.78 Å². The van der Waals surface area contributed by atoms with Gasteiger partial charge in [-0.2, -0.15) is 5.26 Å². The van der Waals surface area contributed by atoms with E-state index in [-0.39, 0.29) is 5.02 Å². The summed E-state index contributed by atoms with van der Waals surface area (Å²) in [7, 11) is 0. The molecule has 1 aromatic rings. The fourth-order valence-corrected chi connectivity index (χ4v) is 1.67. The molecule has 0 aliphatic heterocycles. The third-order valence-corrected chi connectivity index (χ3v) is 2.76. The lowest BCUT2D eigenvalue weighted by Crippen LogP contribution is -2.28. The molecule has 0 amide bonds. The van der Waals surface area contributed by atoms with Gasteiger partial charge in [0.25, 0.3) is 5.69 Å². The molecule has 1 aromatic carbocycles. The summed E-state index contributed by atoms with van der Waals surface area (Å²) in [6.07, 6.45) is 0. The van der Waals surface area contributed by atoms with Crippen molar-refractivity contribution in [1.82, 2.24) is 0 Å². The van der Waals surface area contributed by atoms with Crippen molar-refractivity contribution in [1.29, 1.82) is 5.26 Å². The molecule has 0 aromatic heterocycles.